The molecular formula is C14H28N2O. The van der Waals surface area contributed by atoms with Crippen molar-refractivity contribution in [2.45, 2.75) is 52.4 Å². The van der Waals surface area contributed by atoms with Crippen LogP contribution in [0.1, 0.15) is 52.4 Å². The predicted molar refractivity (Wildman–Crippen MR) is 71.6 cm³/mol. The first-order valence-electron chi connectivity index (χ1n) is 7.15. The number of amides is 1. The van der Waals surface area contributed by atoms with Crippen LogP contribution in [0.25, 0.3) is 0 Å². The van der Waals surface area contributed by atoms with Gasteiger partial charge in [-0.05, 0) is 50.5 Å². The Morgan fingerprint density at radius 1 is 1.35 bits per heavy atom. The second-order valence-electron chi connectivity index (χ2n) is 5.55. The third-order valence-electron chi connectivity index (χ3n) is 4.10. The molecule has 100 valence electrons. The van der Waals surface area contributed by atoms with Crippen LogP contribution in [-0.2, 0) is 4.79 Å². The van der Waals surface area contributed by atoms with Crippen molar-refractivity contribution in [1.29, 1.82) is 0 Å². The fraction of sp³-hybridized carbons (Fsp3) is 0.929. The summed E-state index contributed by atoms with van der Waals surface area (Å²) in [6, 6.07) is 0. The maximum absolute atomic E-state index is 12.0. The van der Waals surface area contributed by atoms with Crippen molar-refractivity contribution in [3.63, 3.8) is 0 Å². The monoisotopic (exact) mass is 240 g/mol. The van der Waals surface area contributed by atoms with Gasteiger partial charge in [0, 0.05) is 12.5 Å². The van der Waals surface area contributed by atoms with Gasteiger partial charge in [-0.25, -0.2) is 0 Å². The molecule has 1 saturated carbocycles. The number of hydrogen-bond donors (Lipinski definition) is 2. The molecular weight excluding hydrogens is 212 g/mol. The molecule has 0 aliphatic heterocycles. The number of nitrogens with two attached hydrogens (primary N) is 1. The van der Waals surface area contributed by atoms with E-state index in [1.54, 1.807) is 0 Å². The van der Waals surface area contributed by atoms with E-state index in [0.717, 1.165) is 44.7 Å². The Kier molecular flexibility index (Phi) is 6.56. The largest absolute Gasteiger partial charge is 0.356 e. The molecule has 1 atom stereocenters. The molecule has 0 heterocycles. The summed E-state index contributed by atoms with van der Waals surface area (Å²) in [5.74, 6) is 1.89. The third kappa shape index (κ3) is 5.07. The van der Waals surface area contributed by atoms with Gasteiger partial charge >= 0.3 is 0 Å². The summed E-state index contributed by atoms with van der Waals surface area (Å²) >= 11 is 0. The lowest BCUT2D eigenvalue weighted by molar-refractivity contribution is -0.126. The van der Waals surface area contributed by atoms with Crippen molar-refractivity contribution in [2.75, 3.05) is 13.1 Å². The summed E-state index contributed by atoms with van der Waals surface area (Å²) in [6.45, 7) is 5.96. The number of carbonyl (C=O) groups is 1. The van der Waals surface area contributed by atoms with E-state index >= 15 is 0 Å². The molecule has 1 amide bonds. The second kappa shape index (κ2) is 7.70. The standard InChI is InChI=1S/C14H28N2O/c1-3-12(8-9-15)10-16-14(17)13-6-4-11(2)5-7-13/h11-13H,3-10,15H2,1-2H3,(H,16,17). The normalized spacial score (nSPS) is 26.5. The van der Waals surface area contributed by atoms with Gasteiger partial charge in [0.2, 0.25) is 5.91 Å². The quantitative estimate of drug-likeness (QED) is 0.748. The summed E-state index contributed by atoms with van der Waals surface area (Å²) in [5, 5.41) is 3.11. The number of hydrogen-bond acceptors (Lipinski definition) is 2. The van der Waals surface area contributed by atoms with E-state index in [4.69, 9.17) is 5.73 Å². The van der Waals surface area contributed by atoms with Crippen LogP contribution in [0.4, 0.5) is 0 Å². The predicted octanol–water partition coefficient (Wildman–Crippen LogP) is 2.30. The van der Waals surface area contributed by atoms with Crippen LogP contribution in [0.5, 0.6) is 0 Å². The first-order valence-corrected chi connectivity index (χ1v) is 7.15. The van der Waals surface area contributed by atoms with Crippen molar-refractivity contribution in [3.05, 3.63) is 0 Å². The smallest absolute Gasteiger partial charge is 0.223 e. The SMILES string of the molecule is CCC(CCN)CNC(=O)C1CCC(C)CC1. The lowest BCUT2D eigenvalue weighted by atomic mass is 9.82. The van der Waals surface area contributed by atoms with Crippen LogP contribution in [0.15, 0.2) is 0 Å². The van der Waals surface area contributed by atoms with Gasteiger partial charge in [0.1, 0.15) is 0 Å². The first-order chi connectivity index (χ1) is 8.17. The molecule has 0 aromatic rings. The number of rotatable bonds is 6. The van der Waals surface area contributed by atoms with Crippen molar-refractivity contribution in [1.82, 2.24) is 5.32 Å². The lowest BCUT2D eigenvalue weighted by Crippen LogP contribution is -2.36. The number of nitrogens with one attached hydrogen (secondary N) is 1. The van der Waals surface area contributed by atoms with Crippen LogP contribution in [0.2, 0.25) is 0 Å². The lowest BCUT2D eigenvalue weighted by Gasteiger charge is -2.26. The molecule has 0 saturated heterocycles. The van der Waals surface area contributed by atoms with E-state index < -0.39 is 0 Å². The molecule has 0 radical (unpaired) electrons. The van der Waals surface area contributed by atoms with Crippen LogP contribution >= 0.6 is 0 Å². The van der Waals surface area contributed by atoms with E-state index in [2.05, 4.69) is 19.2 Å². The fourth-order valence-electron chi connectivity index (χ4n) is 2.60. The van der Waals surface area contributed by atoms with Gasteiger partial charge in [-0.1, -0.05) is 20.3 Å². The Hall–Kier alpha value is -0.570. The molecule has 3 nitrogen and oxygen atoms in total. The fourth-order valence-corrected chi connectivity index (χ4v) is 2.60. The molecule has 0 bridgehead atoms. The van der Waals surface area contributed by atoms with Crippen LogP contribution in [0, 0.1) is 17.8 Å². The highest BCUT2D eigenvalue weighted by atomic mass is 16.1. The Labute approximate surface area is 106 Å². The highest BCUT2D eigenvalue weighted by Gasteiger charge is 2.24. The highest BCUT2D eigenvalue weighted by Crippen LogP contribution is 2.28. The molecule has 0 spiro atoms. The zero-order valence-corrected chi connectivity index (χ0v) is 11.4. The number of carbonyl (C=O) groups excluding carboxylic acids is 1. The zero-order valence-electron chi connectivity index (χ0n) is 11.4. The maximum Gasteiger partial charge on any atom is 0.223 e. The van der Waals surface area contributed by atoms with Crippen LogP contribution < -0.4 is 11.1 Å². The average molecular weight is 240 g/mol. The molecule has 0 aromatic carbocycles. The molecule has 1 fully saturated rings. The van der Waals surface area contributed by atoms with Gasteiger partial charge in [-0.3, -0.25) is 4.79 Å². The Morgan fingerprint density at radius 3 is 2.53 bits per heavy atom. The molecule has 17 heavy (non-hydrogen) atoms. The topological polar surface area (TPSA) is 55.1 Å². The van der Waals surface area contributed by atoms with Gasteiger partial charge in [0.15, 0.2) is 0 Å². The van der Waals surface area contributed by atoms with Crippen LogP contribution in [-0.4, -0.2) is 19.0 Å². The summed E-state index contributed by atoms with van der Waals surface area (Å²) in [7, 11) is 0. The summed E-state index contributed by atoms with van der Waals surface area (Å²) in [4.78, 5) is 12.0. The zero-order chi connectivity index (χ0) is 12.7. The molecule has 1 unspecified atom stereocenters. The van der Waals surface area contributed by atoms with Gasteiger partial charge < -0.3 is 11.1 Å². The van der Waals surface area contributed by atoms with Gasteiger partial charge in [-0.15, -0.1) is 0 Å². The Balaban J connectivity index is 2.24. The second-order valence-corrected chi connectivity index (χ2v) is 5.55. The van der Waals surface area contributed by atoms with E-state index in [9.17, 15) is 4.79 Å². The molecule has 1 aliphatic carbocycles. The van der Waals surface area contributed by atoms with E-state index in [1.165, 1.54) is 12.8 Å². The van der Waals surface area contributed by atoms with Crippen molar-refractivity contribution >= 4 is 5.91 Å². The summed E-state index contributed by atoms with van der Waals surface area (Å²) < 4.78 is 0. The summed E-state index contributed by atoms with van der Waals surface area (Å²) in [5.41, 5.74) is 5.56. The maximum atomic E-state index is 12.0. The Bertz CT molecular complexity index is 222. The minimum absolute atomic E-state index is 0.265. The summed E-state index contributed by atoms with van der Waals surface area (Å²) in [6.07, 6.45) is 6.66. The molecule has 1 rings (SSSR count). The minimum Gasteiger partial charge on any atom is -0.356 e. The van der Waals surface area contributed by atoms with Crippen molar-refractivity contribution < 1.29 is 4.79 Å². The molecule has 0 aromatic heterocycles. The first kappa shape index (κ1) is 14.5. The van der Waals surface area contributed by atoms with Gasteiger partial charge in [0.25, 0.3) is 0 Å². The highest BCUT2D eigenvalue weighted by molar-refractivity contribution is 5.78. The Morgan fingerprint density at radius 2 is 2.00 bits per heavy atom. The van der Waals surface area contributed by atoms with E-state index in [-0.39, 0.29) is 11.8 Å². The molecule has 1 aliphatic rings. The molecule has 3 heteroatoms. The van der Waals surface area contributed by atoms with Gasteiger partial charge in [-0.2, -0.15) is 0 Å². The van der Waals surface area contributed by atoms with E-state index in [1.807, 2.05) is 0 Å². The molecule has 3 N–H and O–H groups in total. The van der Waals surface area contributed by atoms with Crippen molar-refractivity contribution in [3.8, 4) is 0 Å². The van der Waals surface area contributed by atoms with Crippen molar-refractivity contribution in [2.24, 2.45) is 23.5 Å². The van der Waals surface area contributed by atoms with Gasteiger partial charge in [0.05, 0.1) is 0 Å². The van der Waals surface area contributed by atoms with Crippen LogP contribution in [0.3, 0.4) is 0 Å². The van der Waals surface area contributed by atoms with E-state index in [0.29, 0.717) is 5.92 Å². The minimum atomic E-state index is 0.265. The third-order valence-corrected chi connectivity index (χ3v) is 4.10. The average Bonchev–Trinajstić information content (AvgIpc) is 2.35.